The Kier molecular flexibility index (Phi) is 3.09. The number of amides is 1. The van der Waals surface area contributed by atoms with Crippen molar-refractivity contribution in [1.29, 1.82) is 5.26 Å². The monoisotopic (exact) mass is 166 g/mol. The normalized spacial score (nSPS) is 17.3. The molecule has 66 valence electrons. The Morgan fingerprint density at radius 2 is 2.17 bits per heavy atom. The summed E-state index contributed by atoms with van der Waals surface area (Å²) in [5.74, 6) is 0.0310. The highest BCUT2D eigenvalue weighted by Gasteiger charge is 2.23. The van der Waals surface area contributed by atoms with Gasteiger partial charge in [0.05, 0.1) is 6.07 Å². The quantitative estimate of drug-likeness (QED) is 0.580. The largest absolute Gasteiger partial charge is 0.327 e. The number of rotatable bonds is 2. The molecule has 0 saturated heterocycles. The molecule has 0 radical (unpaired) electrons. The van der Waals surface area contributed by atoms with Gasteiger partial charge in [-0.25, -0.2) is 0 Å². The van der Waals surface area contributed by atoms with Gasteiger partial charge >= 0.3 is 0 Å². The van der Waals surface area contributed by atoms with Crippen LogP contribution in [-0.2, 0) is 4.79 Å². The average Bonchev–Trinajstić information content (AvgIpc) is 2.51. The lowest BCUT2D eigenvalue weighted by atomic mass is 10.2. The van der Waals surface area contributed by atoms with Crippen molar-refractivity contribution in [2.45, 2.75) is 38.6 Å². The zero-order valence-electron chi connectivity index (χ0n) is 7.42. The third-order valence-corrected chi connectivity index (χ3v) is 2.41. The lowest BCUT2D eigenvalue weighted by Crippen LogP contribution is -2.37. The molecule has 0 N–H and O–H groups in total. The van der Waals surface area contributed by atoms with Gasteiger partial charge in [-0.05, 0) is 12.8 Å². The number of carbonyl (C=O) groups is 1. The first-order chi connectivity index (χ1) is 5.75. The lowest BCUT2D eigenvalue weighted by Gasteiger charge is -2.24. The van der Waals surface area contributed by atoms with Crippen LogP contribution in [0.15, 0.2) is 0 Å². The van der Waals surface area contributed by atoms with E-state index in [-0.39, 0.29) is 12.5 Å². The van der Waals surface area contributed by atoms with Crippen molar-refractivity contribution >= 4 is 5.91 Å². The topological polar surface area (TPSA) is 44.1 Å². The summed E-state index contributed by atoms with van der Waals surface area (Å²) in [6.07, 6.45) is 4.53. The molecule has 0 aromatic carbocycles. The van der Waals surface area contributed by atoms with Crippen molar-refractivity contribution in [3.05, 3.63) is 0 Å². The second-order valence-electron chi connectivity index (χ2n) is 3.24. The SMILES string of the molecule is CC(=O)N(CC#N)C1CCCC1. The van der Waals surface area contributed by atoms with Gasteiger partial charge in [-0.15, -0.1) is 0 Å². The van der Waals surface area contributed by atoms with Crippen LogP contribution in [0.1, 0.15) is 32.6 Å². The molecule has 0 bridgehead atoms. The van der Waals surface area contributed by atoms with Crippen LogP contribution in [-0.4, -0.2) is 23.4 Å². The Balaban J connectivity index is 2.52. The summed E-state index contributed by atoms with van der Waals surface area (Å²) in [6, 6.07) is 2.37. The molecule has 3 nitrogen and oxygen atoms in total. The van der Waals surface area contributed by atoms with E-state index < -0.39 is 0 Å². The van der Waals surface area contributed by atoms with E-state index in [0.717, 1.165) is 12.8 Å². The van der Waals surface area contributed by atoms with Crippen LogP contribution in [0.25, 0.3) is 0 Å². The fraction of sp³-hybridized carbons (Fsp3) is 0.778. The summed E-state index contributed by atoms with van der Waals surface area (Å²) in [6.45, 7) is 1.79. The lowest BCUT2D eigenvalue weighted by molar-refractivity contribution is -0.130. The van der Waals surface area contributed by atoms with E-state index in [1.807, 2.05) is 6.07 Å². The maximum atomic E-state index is 11.1. The van der Waals surface area contributed by atoms with Gasteiger partial charge in [0.25, 0.3) is 0 Å². The third-order valence-electron chi connectivity index (χ3n) is 2.41. The van der Waals surface area contributed by atoms with Crippen molar-refractivity contribution in [2.24, 2.45) is 0 Å². The molecule has 0 aromatic heterocycles. The smallest absolute Gasteiger partial charge is 0.220 e. The Hall–Kier alpha value is -1.04. The predicted molar refractivity (Wildman–Crippen MR) is 45.3 cm³/mol. The molecule has 0 aliphatic heterocycles. The summed E-state index contributed by atoms with van der Waals surface area (Å²) in [7, 11) is 0. The molecule has 0 unspecified atom stereocenters. The van der Waals surface area contributed by atoms with E-state index in [2.05, 4.69) is 0 Å². The van der Waals surface area contributed by atoms with Gasteiger partial charge in [-0.1, -0.05) is 12.8 Å². The van der Waals surface area contributed by atoms with Gasteiger partial charge in [0.1, 0.15) is 6.54 Å². The maximum absolute atomic E-state index is 11.1. The van der Waals surface area contributed by atoms with Gasteiger partial charge < -0.3 is 4.90 Å². The number of carbonyl (C=O) groups excluding carboxylic acids is 1. The second kappa shape index (κ2) is 4.10. The van der Waals surface area contributed by atoms with Crippen LogP contribution in [0, 0.1) is 11.3 Å². The summed E-state index contributed by atoms with van der Waals surface area (Å²) in [4.78, 5) is 12.8. The molecule has 1 aliphatic rings. The van der Waals surface area contributed by atoms with Crippen molar-refractivity contribution in [1.82, 2.24) is 4.90 Å². The molecule has 0 atom stereocenters. The van der Waals surface area contributed by atoms with Crippen molar-refractivity contribution in [3.63, 3.8) is 0 Å². The number of nitrogens with zero attached hydrogens (tertiary/aromatic N) is 2. The van der Waals surface area contributed by atoms with E-state index in [1.54, 1.807) is 4.90 Å². The molecule has 0 heterocycles. The number of hydrogen-bond donors (Lipinski definition) is 0. The molecule has 0 spiro atoms. The van der Waals surface area contributed by atoms with Crippen LogP contribution in [0.3, 0.4) is 0 Å². The molecule has 3 heteroatoms. The van der Waals surface area contributed by atoms with E-state index in [0.29, 0.717) is 6.04 Å². The zero-order chi connectivity index (χ0) is 8.97. The molecule has 1 rings (SSSR count). The Labute approximate surface area is 73.0 Å². The molecule has 1 saturated carbocycles. The molecule has 1 amide bonds. The van der Waals surface area contributed by atoms with E-state index >= 15 is 0 Å². The minimum Gasteiger partial charge on any atom is -0.327 e. The van der Waals surface area contributed by atoms with Gasteiger partial charge in [-0.3, -0.25) is 4.79 Å². The number of hydrogen-bond acceptors (Lipinski definition) is 2. The highest BCUT2D eigenvalue weighted by atomic mass is 16.2. The Bertz CT molecular complexity index is 201. The first kappa shape index (κ1) is 9.05. The fourth-order valence-corrected chi connectivity index (χ4v) is 1.79. The first-order valence-corrected chi connectivity index (χ1v) is 4.40. The maximum Gasteiger partial charge on any atom is 0.220 e. The summed E-state index contributed by atoms with van der Waals surface area (Å²) in [5.41, 5.74) is 0. The molecule has 1 aliphatic carbocycles. The Morgan fingerprint density at radius 3 is 2.58 bits per heavy atom. The highest BCUT2D eigenvalue weighted by molar-refractivity contribution is 5.73. The highest BCUT2D eigenvalue weighted by Crippen LogP contribution is 2.23. The predicted octanol–water partition coefficient (Wildman–Crippen LogP) is 1.30. The van der Waals surface area contributed by atoms with E-state index in [1.165, 1.54) is 19.8 Å². The van der Waals surface area contributed by atoms with Gasteiger partial charge in [0.2, 0.25) is 5.91 Å². The fourth-order valence-electron chi connectivity index (χ4n) is 1.79. The summed E-state index contributed by atoms with van der Waals surface area (Å²) < 4.78 is 0. The molecule has 0 aromatic rings. The van der Waals surface area contributed by atoms with Crippen LogP contribution >= 0.6 is 0 Å². The van der Waals surface area contributed by atoms with Crippen molar-refractivity contribution < 1.29 is 4.79 Å². The third kappa shape index (κ3) is 1.97. The Morgan fingerprint density at radius 1 is 1.58 bits per heavy atom. The molecular formula is C9H14N2O. The van der Waals surface area contributed by atoms with Crippen molar-refractivity contribution in [3.8, 4) is 6.07 Å². The van der Waals surface area contributed by atoms with Crippen LogP contribution in [0.2, 0.25) is 0 Å². The zero-order valence-corrected chi connectivity index (χ0v) is 7.42. The first-order valence-electron chi connectivity index (χ1n) is 4.40. The van der Waals surface area contributed by atoms with Crippen LogP contribution in [0.5, 0.6) is 0 Å². The van der Waals surface area contributed by atoms with Gasteiger partial charge in [0, 0.05) is 13.0 Å². The summed E-state index contributed by atoms with van der Waals surface area (Å²) >= 11 is 0. The average molecular weight is 166 g/mol. The van der Waals surface area contributed by atoms with E-state index in [9.17, 15) is 4.79 Å². The minimum absolute atomic E-state index is 0.0310. The standard InChI is InChI=1S/C9H14N2O/c1-8(12)11(7-6-10)9-4-2-3-5-9/h9H,2-5,7H2,1H3. The summed E-state index contributed by atoms with van der Waals surface area (Å²) in [5, 5.41) is 8.50. The van der Waals surface area contributed by atoms with Gasteiger partial charge in [-0.2, -0.15) is 5.26 Å². The molecule has 1 fully saturated rings. The van der Waals surface area contributed by atoms with Gasteiger partial charge in [0.15, 0.2) is 0 Å². The molecule has 12 heavy (non-hydrogen) atoms. The van der Waals surface area contributed by atoms with E-state index in [4.69, 9.17) is 5.26 Å². The second-order valence-corrected chi connectivity index (χ2v) is 3.24. The minimum atomic E-state index is 0.0310. The van der Waals surface area contributed by atoms with Crippen LogP contribution in [0.4, 0.5) is 0 Å². The van der Waals surface area contributed by atoms with Crippen molar-refractivity contribution in [2.75, 3.05) is 6.54 Å². The van der Waals surface area contributed by atoms with Crippen LogP contribution < -0.4 is 0 Å². The number of nitriles is 1. The molecular weight excluding hydrogens is 152 g/mol.